The Bertz CT molecular complexity index is 817. The van der Waals surface area contributed by atoms with Crippen LogP contribution >= 0.6 is 0 Å². The summed E-state index contributed by atoms with van der Waals surface area (Å²) in [5, 5.41) is 8.68. The Morgan fingerprint density at radius 3 is 2.59 bits per heavy atom. The lowest BCUT2D eigenvalue weighted by molar-refractivity contribution is -0.132. The van der Waals surface area contributed by atoms with Gasteiger partial charge in [0.1, 0.15) is 6.04 Å². The molecular formula is C18H25N3O5S. The first-order valence-corrected chi connectivity index (χ1v) is 10.3. The van der Waals surface area contributed by atoms with E-state index in [2.05, 4.69) is 4.72 Å². The van der Waals surface area contributed by atoms with Crippen LogP contribution in [-0.4, -0.2) is 52.1 Å². The van der Waals surface area contributed by atoms with Crippen LogP contribution in [0, 0.1) is 17.2 Å². The SMILES string of the molecule is CC(C)C(NS(=O)(=O)c1ccc2c(c1)OCCCO2)C(=O)N(C)CCC#N. The highest BCUT2D eigenvalue weighted by Crippen LogP contribution is 2.32. The topological polar surface area (TPSA) is 109 Å². The van der Waals surface area contributed by atoms with Gasteiger partial charge in [0.2, 0.25) is 15.9 Å². The zero-order valence-electron chi connectivity index (χ0n) is 15.8. The molecule has 148 valence electrons. The number of sulfonamides is 1. The molecule has 1 atom stereocenters. The van der Waals surface area contributed by atoms with E-state index in [1.165, 1.54) is 17.0 Å². The van der Waals surface area contributed by atoms with Crippen molar-refractivity contribution >= 4 is 15.9 Å². The molecule has 0 saturated heterocycles. The van der Waals surface area contributed by atoms with E-state index in [9.17, 15) is 13.2 Å². The van der Waals surface area contributed by atoms with E-state index in [-0.39, 0.29) is 29.7 Å². The van der Waals surface area contributed by atoms with Gasteiger partial charge < -0.3 is 14.4 Å². The number of likely N-dealkylation sites (N-methyl/N-ethyl adjacent to an activating group) is 1. The molecule has 8 nitrogen and oxygen atoms in total. The highest BCUT2D eigenvalue weighted by Gasteiger charge is 2.31. The molecule has 0 aromatic heterocycles. The third-order valence-electron chi connectivity index (χ3n) is 4.18. The quantitative estimate of drug-likeness (QED) is 0.750. The minimum atomic E-state index is -3.95. The van der Waals surface area contributed by atoms with Crippen molar-refractivity contribution in [2.45, 2.75) is 37.6 Å². The van der Waals surface area contributed by atoms with E-state index in [0.717, 1.165) is 0 Å². The summed E-state index contributed by atoms with van der Waals surface area (Å²) in [6, 6.07) is 5.43. The van der Waals surface area contributed by atoms with Gasteiger partial charge in [-0.15, -0.1) is 0 Å². The molecule has 0 radical (unpaired) electrons. The highest BCUT2D eigenvalue weighted by molar-refractivity contribution is 7.89. The number of nitriles is 1. The summed E-state index contributed by atoms with van der Waals surface area (Å²) in [6.45, 7) is 4.72. The number of hydrogen-bond donors (Lipinski definition) is 1. The number of hydrogen-bond acceptors (Lipinski definition) is 6. The molecular weight excluding hydrogens is 370 g/mol. The monoisotopic (exact) mass is 395 g/mol. The smallest absolute Gasteiger partial charge is 0.241 e. The molecule has 1 unspecified atom stereocenters. The van der Waals surface area contributed by atoms with Crippen molar-refractivity contribution in [3.63, 3.8) is 0 Å². The van der Waals surface area contributed by atoms with E-state index in [0.29, 0.717) is 31.1 Å². The van der Waals surface area contributed by atoms with Crippen LogP contribution in [0.3, 0.4) is 0 Å². The minimum absolute atomic E-state index is 0.00452. The summed E-state index contributed by atoms with van der Waals surface area (Å²) in [5.41, 5.74) is 0. The lowest BCUT2D eigenvalue weighted by Gasteiger charge is -2.26. The Kier molecular flexibility index (Phi) is 7.05. The average molecular weight is 395 g/mol. The van der Waals surface area contributed by atoms with Crippen molar-refractivity contribution in [1.82, 2.24) is 9.62 Å². The molecule has 1 aliphatic heterocycles. The van der Waals surface area contributed by atoms with Gasteiger partial charge in [0.05, 0.1) is 30.6 Å². The second-order valence-electron chi connectivity index (χ2n) is 6.67. The molecule has 1 aromatic carbocycles. The lowest BCUT2D eigenvalue weighted by Crippen LogP contribution is -2.50. The number of carbonyl (C=O) groups is 1. The van der Waals surface area contributed by atoms with E-state index < -0.39 is 16.1 Å². The van der Waals surface area contributed by atoms with Gasteiger partial charge in [-0.1, -0.05) is 13.8 Å². The Labute approximate surface area is 160 Å². The first-order chi connectivity index (χ1) is 12.8. The number of benzene rings is 1. The Morgan fingerprint density at radius 1 is 1.30 bits per heavy atom. The minimum Gasteiger partial charge on any atom is -0.490 e. The molecule has 0 bridgehead atoms. The number of carbonyl (C=O) groups excluding carboxylic acids is 1. The molecule has 27 heavy (non-hydrogen) atoms. The number of ether oxygens (including phenoxy) is 2. The summed E-state index contributed by atoms with van der Waals surface area (Å²) in [7, 11) is -2.39. The van der Waals surface area contributed by atoms with E-state index in [1.54, 1.807) is 27.0 Å². The summed E-state index contributed by atoms with van der Waals surface area (Å²) in [6.07, 6.45) is 0.899. The van der Waals surface area contributed by atoms with Crippen LogP contribution in [0.25, 0.3) is 0 Å². The Balaban J connectivity index is 2.23. The fourth-order valence-electron chi connectivity index (χ4n) is 2.58. The van der Waals surface area contributed by atoms with Crippen LogP contribution in [0.4, 0.5) is 0 Å². The molecule has 1 heterocycles. The molecule has 9 heteroatoms. The number of nitrogens with zero attached hydrogens (tertiary/aromatic N) is 2. The lowest BCUT2D eigenvalue weighted by atomic mass is 10.0. The normalized spacial score (nSPS) is 14.9. The van der Waals surface area contributed by atoms with E-state index in [1.807, 2.05) is 6.07 Å². The molecule has 1 aliphatic rings. The third kappa shape index (κ3) is 5.34. The molecule has 2 rings (SSSR count). The van der Waals surface area contributed by atoms with Crippen LogP contribution < -0.4 is 14.2 Å². The van der Waals surface area contributed by atoms with Crippen molar-refractivity contribution < 1.29 is 22.7 Å². The largest absolute Gasteiger partial charge is 0.490 e. The van der Waals surface area contributed by atoms with Gasteiger partial charge in [0, 0.05) is 26.1 Å². The summed E-state index contributed by atoms with van der Waals surface area (Å²) in [5.74, 6) is 0.225. The average Bonchev–Trinajstić information content (AvgIpc) is 2.88. The molecule has 0 saturated carbocycles. The van der Waals surface area contributed by atoms with Gasteiger partial charge in [-0.2, -0.15) is 9.98 Å². The molecule has 1 amide bonds. The maximum atomic E-state index is 12.8. The van der Waals surface area contributed by atoms with Crippen molar-refractivity contribution in [2.75, 3.05) is 26.8 Å². The maximum absolute atomic E-state index is 12.8. The first kappa shape index (κ1) is 21.0. The number of rotatable bonds is 7. The molecule has 0 spiro atoms. The van der Waals surface area contributed by atoms with E-state index >= 15 is 0 Å². The van der Waals surface area contributed by atoms with Crippen molar-refractivity contribution in [3.8, 4) is 17.6 Å². The molecule has 1 N–H and O–H groups in total. The van der Waals surface area contributed by atoms with Gasteiger partial charge in [-0.05, 0) is 18.1 Å². The summed E-state index contributed by atoms with van der Waals surface area (Å²) >= 11 is 0. The molecule has 0 fully saturated rings. The third-order valence-corrected chi connectivity index (χ3v) is 5.62. The van der Waals surface area contributed by atoms with Crippen molar-refractivity contribution in [2.24, 2.45) is 5.92 Å². The number of amides is 1. The Morgan fingerprint density at radius 2 is 1.96 bits per heavy atom. The Hall–Kier alpha value is -2.31. The van der Waals surface area contributed by atoms with Crippen LogP contribution in [-0.2, 0) is 14.8 Å². The summed E-state index contributed by atoms with van der Waals surface area (Å²) in [4.78, 5) is 14.0. The maximum Gasteiger partial charge on any atom is 0.241 e. The zero-order valence-corrected chi connectivity index (χ0v) is 16.6. The predicted molar refractivity (Wildman–Crippen MR) is 98.9 cm³/mol. The highest BCUT2D eigenvalue weighted by atomic mass is 32.2. The van der Waals surface area contributed by atoms with Gasteiger partial charge in [-0.25, -0.2) is 8.42 Å². The molecule has 1 aromatic rings. The van der Waals surface area contributed by atoms with Crippen LogP contribution in [0.5, 0.6) is 11.5 Å². The first-order valence-electron chi connectivity index (χ1n) is 8.80. The number of fused-ring (bicyclic) bond motifs is 1. The predicted octanol–water partition coefficient (Wildman–Crippen LogP) is 1.52. The van der Waals surface area contributed by atoms with Gasteiger partial charge in [0.15, 0.2) is 11.5 Å². The fraction of sp³-hybridized carbons (Fsp3) is 0.556. The van der Waals surface area contributed by atoms with Crippen LogP contribution in [0.1, 0.15) is 26.7 Å². The van der Waals surface area contributed by atoms with Crippen LogP contribution in [0.15, 0.2) is 23.1 Å². The zero-order chi connectivity index (χ0) is 20.0. The van der Waals surface area contributed by atoms with Gasteiger partial charge in [0.25, 0.3) is 0 Å². The molecule has 0 aliphatic carbocycles. The van der Waals surface area contributed by atoms with Crippen molar-refractivity contribution in [3.05, 3.63) is 18.2 Å². The summed E-state index contributed by atoms with van der Waals surface area (Å²) < 4.78 is 39.2. The van der Waals surface area contributed by atoms with Crippen LogP contribution in [0.2, 0.25) is 0 Å². The van der Waals surface area contributed by atoms with Gasteiger partial charge >= 0.3 is 0 Å². The second-order valence-corrected chi connectivity index (χ2v) is 8.38. The van der Waals surface area contributed by atoms with Gasteiger partial charge in [-0.3, -0.25) is 4.79 Å². The fourth-order valence-corrected chi connectivity index (χ4v) is 3.94. The second kappa shape index (κ2) is 9.06. The number of nitrogens with one attached hydrogen (secondary N) is 1. The van der Waals surface area contributed by atoms with Crippen molar-refractivity contribution in [1.29, 1.82) is 5.26 Å². The standard InChI is InChI=1S/C18H25N3O5S/c1-13(2)17(18(22)21(3)9-4-8-19)20-27(23,24)14-6-7-15-16(12-14)26-11-5-10-25-15/h6-7,12-13,17,20H,4-5,9-11H2,1-3H3. The van der Waals surface area contributed by atoms with E-state index in [4.69, 9.17) is 14.7 Å².